The molecule has 3 aromatic rings. The third-order valence-electron chi connectivity index (χ3n) is 4.09. The minimum absolute atomic E-state index is 0.144. The van der Waals surface area contributed by atoms with Crippen LogP contribution in [-0.2, 0) is 6.54 Å². The van der Waals surface area contributed by atoms with Crippen molar-refractivity contribution in [1.82, 2.24) is 4.98 Å². The molecule has 1 heterocycles. The van der Waals surface area contributed by atoms with Gasteiger partial charge in [-0.05, 0) is 48.9 Å². The monoisotopic (exact) mass is 362 g/mol. The van der Waals surface area contributed by atoms with Crippen molar-refractivity contribution in [2.75, 3.05) is 18.6 Å². The zero-order valence-corrected chi connectivity index (χ0v) is 15.5. The molecule has 3 rings (SSSR count). The smallest absolute Gasteiger partial charge is 0.262 e. The zero-order chi connectivity index (χ0) is 19.1. The van der Waals surface area contributed by atoms with Gasteiger partial charge in [0.25, 0.3) is 5.91 Å². The lowest BCUT2D eigenvalue weighted by atomic mass is 10.1. The van der Waals surface area contributed by atoms with E-state index in [0.717, 1.165) is 17.0 Å². The van der Waals surface area contributed by atoms with Crippen molar-refractivity contribution in [2.24, 2.45) is 0 Å². The van der Waals surface area contributed by atoms with E-state index in [4.69, 9.17) is 9.47 Å². The van der Waals surface area contributed by atoms with E-state index in [9.17, 15) is 4.79 Å². The van der Waals surface area contributed by atoms with Crippen molar-refractivity contribution in [3.8, 4) is 11.5 Å². The first-order valence-corrected chi connectivity index (χ1v) is 8.79. The largest absolute Gasteiger partial charge is 0.497 e. The van der Waals surface area contributed by atoms with Crippen molar-refractivity contribution >= 4 is 11.6 Å². The minimum atomic E-state index is -0.144. The molecule has 138 valence electrons. The molecule has 0 N–H and O–H groups in total. The van der Waals surface area contributed by atoms with E-state index in [2.05, 4.69) is 4.98 Å². The molecule has 5 heteroatoms. The van der Waals surface area contributed by atoms with Gasteiger partial charge in [0.15, 0.2) is 0 Å². The highest BCUT2D eigenvalue weighted by Crippen LogP contribution is 2.25. The van der Waals surface area contributed by atoms with Gasteiger partial charge >= 0.3 is 0 Å². The average molecular weight is 362 g/mol. The maximum atomic E-state index is 13.4. The van der Waals surface area contributed by atoms with Crippen molar-refractivity contribution in [1.29, 1.82) is 0 Å². The summed E-state index contributed by atoms with van der Waals surface area (Å²) in [5.41, 5.74) is 2.20. The molecule has 0 unspecified atom stereocenters. The summed E-state index contributed by atoms with van der Waals surface area (Å²) in [6, 6.07) is 18.6. The quantitative estimate of drug-likeness (QED) is 0.627. The van der Waals surface area contributed by atoms with Crippen LogP contribution in [0.4, 0.5) is 5.69 Å². The van der Waals surface area contributed by atoms with Crippen LogP contribution in [0.3, 0.4) is 0 Å². The zero-order valence-electron chi connectivity index (χ0n) is 15.5. The van der Waals surface area contributed by atoms with Crippen LogP contribution < -0.4 is 14.4 Å². The number of para-hydroxylation sites is 1. The summed E-state index contributed by atoms with van der Waals surface area (Å²) in [6.45, 7) is 2.78. The molecule has 0 aliphatic heterocycles. The van der Waals surface area contributed by atoms with Crippen molar-refractivity contribution in [2.45, 2.75) is 13.5 Å². The SMILES string of the molecule is CCOc1ccccc1C(=O)N(Cc1cccc(OC)c1)c1cccnc1. The van der Waals surface area contributed by atoms with E-state index in [-0.39, 0.29) is 5.91 Å². The molecular weight excluding hydrogens is 340 g/mol. The van der Waals surface area contributed by atoms with E-state index >= 15 is 0 Å². The minimum Gasteiger partial charge on any atom is -0.497 e. The van der Waals surface area contributed by atoms with Crippen molar-refractivity contribution < 1.29 is 14.3 Å². The number of amides is 1. The Morgan fingerprint density at radius 2 is 1.93 bits per heavy atom. The molecule has 0 saturated heterocycles. The second-order valence-electron chi connectivity index (χ2n) is 5.88. The number of methoxy groups -OCH3 is 1. The van der Waals surface area contributed by atoms with Crippen molar-refractivity contribution in [3.63, 3.8) is 0 Å². The van der Waals surface area contributed by atoms with Gasteiger partial charge in [0.05, 0.1) is 37.7 Å². The Balaban J connectivity index is 1.99. The average Bonchev–Trinajstić information content (AvgIpc) is 2.73. The van der Waals surface area contributed by atoms with Crippen molar-refractivity contribution in [3.05, 3.63) is 84.2 Å². The molecule has 0 fully saturated rings. The summed E-state index contributed by atoms with van der Waals surface area (Å²) in [7, 11) is 1.63. The summed E-state index contributed by atoms with van der Waals surface area (Å²) in [6.07, 6.45) is 3.37. The van der Waals surface area contributed by atoms with Gasteiger partial charge in [-0.15, -0.1) is 0 Å². The van der Waals surface area contributed by atoms with Crippen LogP contribution in [0.15, 0.2) is 73.1 Å². The molecule has 5 nitrogen and oxygen atoms in total. The summed E-state index contributed by atoms with van der Waals surface area (Å²) < 4.78 is 11.0. The number of pyridine rings is 1. The summed E-state index contributed by atoms with van der Waals surface area (Å²) in [5.74, 6) is 1.18. The lowest BCUT2D eigenvalue weighted by Gasteiger charge is -2.24. The number of hydrogen-bond donors (Lipinski definition) is 0. The predicted molar refractivity (Wildman–Crippen MR) is 105 cm³/mol. The first kappa shape index (κ1) is 18.5. The molecule has 27 heavy (non-hydrogen) atoms. The lowest BCUT2D eigenvalue weighted by Crippen LogP contribution is -2.31. The van der Waals surface area contributed by atoms with Crippen LogP contribution in [0.2, 0.25) is 0 Å². The predicted octanol–water partition coefficient (Wildman–Crippen LogP) is 4.34. The Bertz CT molecular complexity index is 897. The Hall–Kier alpha value is -3.34. The standard InChI is InChI=1S/C22H22N2O3/c1-3-27-21-12-5-4-11-20(21)22(25)24(18-9-7-13-23-15-18)16-17-8-6-10-19(14-17)26-2/h4-15H,3,16H2,1-2H3. The van der Waals surface area contributed by atoms with Crippen LogP contribution in [-0.4, -0.2) is 24.6 Å². The Morgan fingerprint density at radius 1 is 1.07 bits per heavy atom. The number of aromatic nitrogens is 1. The van der Waals surface area contributed by atoms with Gasteiger partial charge in [0.1, 0.15) is 11.5 Å². The third-order valence-corrected chi connectivity index (χ3v) is 4.09. The van der Waals surface area contributed by atoms with E-state index in [1.165, 1.54) is 0 Å². The lowest BCUT2D eigenvalue weighted by molar-refractivity contribution is 0.0981. The molecule has 0 bridgehead atoms. The first-order chi connectivity index (χ1) is 13.2. The number of ether oxygens (including phenoxy) is 2. The number of rotatable bonds is 7. The van der Waals surface area contributed by atoms with Crippen LogP contribution in [0.1, 0.15) is 22.8 Å². The molecule has 0 aliphatic rings. The maximum absolute atomic E-state index is 13.4. The highest BCUT2D eigenvalue weighted by molar-refractivity contribution is 6.07. The van der Waals surface area contributed by atoms with Gasteiger partial charge in [-0.2, -0.15) is 0 Å². The normalized spacial score (nSPS) is 10.3. The third kappa shape index (κ3) is 4.44. The van der Waals surface area contributed by atoms with E-state index in [1.807, 2.05) is 61.5 Å². The van der Waals surface area contributed by atoms with Gasteiger partial charge < -0.3 is 14.4 Å². The second-order valence-corrected chi connectivity index (χ2v) is 5.88. The Labute approximate surface area is 159 Å². The van der Waals surface area contributed by atoms with Crippen LogP contribution in [0.25, 0.3) is 0 Å². The summed E-state index contributed by atoms with van der Waals surface area (Å²) in [5, 5.41) is 0. The molecule has 0 spiro atoms. The molecule has 0 radical (unpaired) electrons. The van der Waals surface area contributed by atoms with Gasteiger partial charge in [0, 0.05) is 6.20 Å². The number of hydrogen-bond acceptors (Lipinski definition) is 4. The molecule has 0 atom stereocenters. The van der Waals surface area contributed by atoms with Gasteiger partial charge in [0.2, 0.25) is 0 Å². The molecule has 2 aromatic carbocycles. The Morgan fingerprint density at radius 3 is 2.67 bits per heavy atom. The van der Waals surface area contributed by atoms with Crippen LogP contribution in [0.5, 0.6) is 11.5 Å². The topological polar surface area (TPSA) is 51.7 Å². The van der Waals surface area contributed by atoms with E-state index < -0.39 is 0 Å². The number of carbonyl (C=O) groups is 1. The Kier molecular flexibility index (Phi) is 6.05. The number of anilines is 1. The van der Waals surface area contributed by atoms with Gasteiger partial charge in [-0.1, -0.05) is 24.3 Å². The number of nitrogens with zero attached hydrogens (tertiary/aromatic N) is 2. The van der Waals surface area contributed by atoms with Crippen LogP contribution >= 0.6 is 0 Å². The highest BCUT2D eigenvalue weighted by Gasteiger charge is 2.21. The highest BCUT2D eigenvalue weighted by atomic mass is 16.5. The fraction of sp³-hybridized carbons (Fsp3) is 0.182. The maximum Gasteiger partial charge on any atom is 0.262 e. The molecular formula is C22H22N2O3. The molecule has 1 aromatic heterocycles. The number of carbonyl (C=O) groups excluding carboxylic acids is 1. The number of benzene rings is 2. The fourth-order valence-electron chi connectivity index (χ4n) is 2.82. The van der Waals surface area contributed by atoms with E-state index in [1.54, 1.807) is 30.5 Å². The van der Waals surface area contributed by atoms with Crippen LogP contribution in [0, 0.1) is 0 Å². The second kappa shape index (κ2) is 8.85. The molecule has 0 saturated carbocycles. The fourth-order valence-corrected chi connectivity index (χ4v) is 2.82. The molecule has 1 amide bonds. The van der Waals surface area contributed by atoms with E-state index in [0.29, 0.717) is 24.5 Å². The van der Waals surface area contributed by atoms with Gasteiger partial charge in [-0.3, -0.25) is 9.78 Å². The molecule has 0 aliphatic carbocycles. The summed E-state index contributed by atoms with van der Waals surface area (Å²) in [4.78, 5) is 19.2. The van der Waals surface area contributed by atoms with Gasteiger partial charge in [-0.25, -0.2) is 0 Å². The first-order valence-electron chi connectivity index (χ1n) is 8.79. The summed E-state index contributed by atoms with van der Waals surface area (Å²) >= 11 is 0.